The first kappa shape index (κ1) is 14.6. The standard InChI is InChI=1S/C12H19N5O2S/c1-19-10(18)2-3-14-11(13)16-5-7-17(8-6-16)12-15-4-9-20-12/h4,9H,2-3,5-8H2,1H3,(H2,13,14). The Morgan fingerprint density at radius 3 is 2.85 bits per heavy atom. The second-order valence-corrected chi connectivity index (χ2v) is 5.23. The predicted octanol–water partition coefficient (Wildman–Crippen LogP) is 0.143. The zero-order valence-electron chi connectivity index (χ0n) is 11.5. The van der Waals surface area contributed by atoms with E-state index in [0.29, 0.717) is 12.5 Å². The van der Waals surface area contributed by atoms with Crippen molar-refractivity contribution in [3.05, 3.63) is 11.6 Å². The van der Waals surface area contributed by atoms with Gasteiger partial charge in [0.05, 0.1) is 20.1 Å². The number of esters is 1. The van der Waals surface area contributed by atoms with Gasteiger partial charge in [-0.3, -0.25) is 9.79 Å². The number of ether oxygens (including phenoxy) is 1. The van der Waals surface area contributed by atoms with Crippen LogP contribution in [0.15, 0.2) is 16.6 Å². The number of rotatable bonds is 4. The van der Waals surface area contributed by atoms with Crippen LogP contribution in [0.2, 0.25) is 0 Å². The van der Waals surface area contributed by atoms with E-state index in [-0.39, 0.29) is 12.4 Å². The lowest BCUT2D eigenvalue weighted by Gasteiger charge is -2.35. The van der Waals surface area contributed by atoms with Crippen LogP contribution >= 0.6 is 11.3 Å². The van der Waals surface area contributed by atoms with Crippen LogP contribution in [0.1, 0.15) is 6.42 Å². The molecule has 1 aromatic heterocycles. The molecule has 1 aliphatic rings. The van der Waals surface area contributed by atoms with Crippen LogP contribution in [0, 0.1) is 0 Å². The van der Waals surface area contributed by atoms with Crippen molar-refractivity contribution in [1.29, 1.82) is 0 Å². The Hall–Kier alpha value is -1.83. The molecule has 1 aromatic rings. The number of hydrogen-bond acceptors (Lipinski definition) is 6. The van der Waals surface area contributed by atoms with E-state index < -0.39 is 0 Å². The van der Waals surface area contributed by atoms with Crippen molar-refractivity contribution in [2.24, 2.45) is 10.7 Å². The van der Waals surface area contributed by atoms with Crippen molar-refractivity contribution in [3.63, 3.8) is 0 Å². The van der Waals surface area contributed by atoms with Crippen LogP contribution in [0.5, 0.6) is 0 Å². The average molecular weight is 297 g/mol. The number of piperazine rings is 1. The highest BCUT2D eigenvalue weighted by Crippen LogP contribution is 2.18. The van der Waals surface area contributed by atoms with E-state index in [9.17, 15) is 4.79 Å². The van der Waals surface area contributed by atoms with Gasteiger partial charge in [-0.15, -0.1) is 11.3 Å². The van der Waals surface area contributed by atoms with Gasteiger partial charge >= 0.3 is 5.97 Å². The lowest BCUT2D eigenvalue weighted by molar-refractivity contribution is -0.140. The van der Waals surface area contributed by atoms with Crippen LogP contribution < -0.4 is 10.6 Å². The first-order chi connectivity index (χ1) is 9.70. The molecule has 2 N–H and O–H groups in total. The number of hydrogen-bond donors (Lipinski definition) is 1. The zero-order valence-corrected chi connectivity index (χ0v) is 12.3. The number of carbonyl (C=O) groups is 1. The SMILES string of the molecule is COC(=O)CCN=C(N)N1CCN(c2nccs2)CC1. The molecular weight excluding hydrogens is 278 g/mol. The highest BCUT2D eigenvalue weighted by atomic mass is 32.1. The summed E-state index contributed by atoms with van der Waals surface area (Å²) in [4.78, 5) is 23.8. The molecule has 8 heteroatoms. The quantitative estimate of drug-likeness (QED) is 0.483. The third-order valence-electron chi connectivity index (χ3n) is 3.11. The van der Waals surface area contributed by atoms with E-state index in [4.69, 9.17) is 5.73 Å². The molecule has 1 fully saturated rings. The molecule has 2 heterocycles. The minimum absolute atomic E-state index is 0.260. The third-order valence-corrected chi connectivity index (χ3v) is 3.94. The number of guanidine groups is 1. The van der Waals surface area contributed by atoms with Gasteiger partial charge in [0.2, 0.25) is 0 Å². The second-order valence-electron chi connectivity index (χ2n) is 4.35. The maximum atomic E-state index is 11.0. The molecule has 7 nitrogen and oxygen atoms in total. The minimum atomic E-state index is -0.268. The zero-order chi connectivity index (χ0) is 14.4. The molecule has 20 heavy (non-hydrogen) atoms. The van der Waals surface area contributed by atoms with Crippen LogP contribution in [0.4, 0.5) is 5.13 Å². The first-order valence-corrected chi connectivity index (χ1v) is 7.35. The number of aliphatic imine (C=N–C) groups is 1. The van der Waals surface area contributed by atoms with E-state index in [2.05, 4.69) is 19.6 Å². The van der Waals surface area contributed by atoms with E-state index >= 15 is 0 Å². The van der Waals surface area contributed by atoms with Gasteiger partial charge in [-0.2, -0.15) is 0 Å². The summed E-state index contributed by atoms with van der Waals surface area (Å²) in [5.41, 5.74) is 5.93. The van der Waals surface area contributed by atoms with Gasteiger partial charge in [-0.1, -0.05) is 0 Å². The molecule has 1 aliphatic heterocycles. The second kappa shape index (κ2) is 7.09. The molecule has 110 valence electrons. The first-order valence-electron chi connectivity index (χ1n) is 6.47. The summed E-state index contributed by atoms with van der Waals surface area (Å²) in [5.74, 6) is 0.225. The predicted molar refractivity (Wildman–Crippen MR) is 79.0 cm³/mol. The highest BCUT2D eigenvalue weighted by molar-refractivity contribution is 7.13. The van der Waals surface area contributed by atoms with Crippen molar-refractivity contribution in [2.45, 2.75) is 6.42 Å². The molecule has 0 amide bonds. The Morgan fingerprint density at radius 1 is 1.50 bits per heavy atom. The molecule has 0 aromatic carbocycles. The van der Waals surface area contributed by atoms with E-state index in [1.54, 1.807) is 11.3 Å². The van der Waals surface area contributed by atoms with Crippen molar-refractivity contribution in [2.75, 3.05) is 44.7 Å². The molecule has 0 aliphatic carbocycles. The monoisotopic (exact) mass is 297 g/mol. The Morgan fingerprint density at radius 2 is 2.25 bits per heavy atom. The summed E-state index contributed by atoms with van der Waals surface area (Å²) < 4.78 is 4.56. The number of methoxy groups -OCH3 is 1. The minimum Gasteiger partial charge on any atom is -0.469 e. The van der Waals surface area contributed by atoms with Crippen LogP contribution in [0.25, 0.3) is 0 Å². The molecule has 1 saturated heterocycles. The molecule has 0 radical (unpaired) electrons. The van der Waals surface area contributed by atoms with Gasteiger partial charge in [0.25, 0.3) is 0 Å². The van der Waals surface area contributed by atoms with Crippen LogP contribution in [0.3, 0.4) is 0 Å². The third kappa shape index (κ3) is 3.83. The molecule has 0 unspecified atom stereocenters. The number of nitrogens with zero attached hydrogens (tertiary/aromatic N) is 4. The molecule has 0 bridgehead atoms. The number of aromatic nitrogens is 1. The summed E-state index contributed by atoms with van der Waals surface area (Å²) in [7, 11) is 1.37. The number of thiazole rings is 1. The fraction of sp³-hybridized carbons (Fsp3) is 0.583. The van der Waals surface area contributed by atoms with E-state index in [1.807, 2.05) is 16.5 Å². The average Bonchev–Trinajstić information content (AvgIpc) is 3.01. The normalized spacial score (nSPS) is 16.4. The Balaban J connectivity index is 1.78. The maximum absolute atomic E-state index is 11.0. The number of nitrogens with two attached hydrogens (primary N) is 1. The Kier molecular flexibility index (Phi) is 5.16. The van der Waals surface area contributed by atoms with Gasteiger partial charge in [-0.25, -0.2) is 4.98 Å². The molecule has 0 atom stereocenters. The molecule has 0 saturated carbocycles. The van der Waals surface area contributed by atoms with E-state index in [1.165, 1.54) is 7.11 Å². The lowest BCUT2D eigenvalue weighted by atomic mass is 10.3. The largest absolute Gasteiger partial charge is 0.469 e. The highest BCUT2D eigenvalue weighted by Gasteiger charge is 2.19. The van der Waals surface area contributed by atoms with Crippen molar-refractivity contribution < 1.29 is 9.53 Å². The number of carbonyl (C=O) groups excluding carboxylic acids is 1. The molecule has 2 rings (SSSR count). The summed E-state index contributed by atoms with van der Waals surface area (Å²) in [6.45, 7) is 3.74. The van der Waals surface area contributed by atoms with Gasteiger partial charge in [0.1, 0.15) is 0 Å². The van der Waals surface area contributed by atoms with Gasteiger partial charge in [0.15, 0.2) is 11.1 Å². The Labute approximate surface area is 122 Å². The topological polar surface area (TPSA) is 84.0 Å². The lowest BCUT2D eigenvalue weighted by Crippen LogP contribution is -2.51. The molecule has 0 spiro atoms. The maximum Gasteiger partial charge on any atom is 0.307 e. The fourth-order valence-electron chi connectivity index (χ4n) is 1.96. The summed E-state index contributed by atoms with van der Waals surface area (Å²) in [6.07, 6.45) is 2.07. The van der Waals surface area contributed by atoms with Crippen molar-refractivity contribution in [1.82, 2.24) is 9.88 Å². The Bertz CT molecular complexity index is 454. The van der Waals surface area contributed by atoms with Crippen LogP contribution in [-0.4, -0.2) is 61.6 Å². The van der Waals surface area contributed by atoms with Gasteiger partial charge in [-0.05, 0) is 0 Å². The summed E-state index contributed by atoms with van der Waals surface area (Å²) in [6, 6.07) is 0. The van der Waals surface area contributed by atoms with Gasteiger partial charge < -0.3 is 20.3 Å². The smallest absolute Gasteiger partial charge is 0.307 e. The fourth-order valence-corrected chi connectivity index (χ4v) is 2.66. The van der Waals surface area contributed by atoms with Gasteiger partial charge in [0, 0.05) is 37.8 Å². The molecular formula is C12H19N5O2S. The van der Waals surface area contributed by atoms with Crippen molar-refractivity contribution >= 4 is 28.4 Å². The van der Waals surface area contributed by atoms with Crippen LogP contribution in [-0.2, 0) is 9.53 Å². The van der Waals surface area contributed by atoms with Crippen molar-refractivity contribution in [3.8, 4) is 0 Å². The summed E-state index contributed by atoms with van der Waals surface area (Å²) >= 11 is 1.64. The number of anilines is 1. The summed E-state index contributed by atoms with van der Waals surface area (Å²) in [5, 5.41) is 3.02. The van der Waals surface area contributed by atoms with E-state index in [0.717, 1.165) is 31.3 Å².